The van der Waals surface area contributed by atoms with Crippen LogP contribution in [0.25, 0.3) is 11.0 Å². The number of aromatic nitrogens is 2. The Labute approximate surface area is 219 Å². The minimum atomic E-state index is -0.228. The number of hydrogen-bond acceptors (Lipinski definition) is 4. The van der Waals surface area contributed by atoms with E-state index in [9.17, 15) is 9.59 Å². The minimum Gasteiger partial charge on any atom is -0.496 e. The predicted octanol–water partition coefficient (Wildman–Crippen LogP) is 5.47. The molecule has 37 heavy (non-hydrogen) atoms. The Kier molecular flexibility index (Phi) is 8.07. The summed E-state index contributed by atoms with van der Waals surface area (Å²) >= 11 is 0. The first-order valence-corrected chi connectivity index (χ1v) is 13.8. The number of para-hydroxylation sites is 3. The highest BCUT2D eigenvalue weighted by Crippen LogP contribution is 2.31. The zero-order valence-electron chi connectivity index (χ0n) is 21.8. The molecular formula is C30H38N4O3. The smallest absolute Gasteiger partial charge is 0.255 e. The van der Waals surface area contributed by atoms with Crippen molar-refractivity contribution in [3.8, 4) is 5.75 Å². The van der Waals surface area contributed by atoms with Crippen molar-refractivity contribution in [2.24, 2.45) is 0 Å². The Morgan fingerprint density at radius 3 is 2.22 bits per heavy atom. The predicted molar refractivity (Wildman–Crippen MR) is 144 cm³/mol. The van der Waals surface area contributed by atoms with Crippen LogP contribution in [0.15, 0.2) is 48.5 Å². The highest BCUT2D eigenvalue weighted by Gasteiger charge is 2.33. The van der Waals surface area contributed by atoms with Gasteiger partial charge in [0.15, 0.2) is 0 Å². The highest BCUT2D eigenvalue weighted by atomic mass is 16.5. The van der Waals surface area contributed by atoms with Crippen LogP contribution in [0, 0.1) is 0 Å². The molecule has 0 bridgehead atoms. The number of nitrogens with one attached hydrogen (secondary N) is 1. The fourth-order valence-electron chi connectivity index (χ4n) is 6.16. The maximum atomic E-state index is 14.0. The van der Waals surface area contributed by atoms with Crippen LogP contribution in [0.3, 0.4) is 0 Å². The van der Waals surface area contributed by atoms with Gasteiger partial charge in [-0.05, 0) is 49.9 Å². The number of carbonyl (C=O) groups excluding carboxylic acids is 2. The van der Waals surface area contributed by atoms with Crippen molar-refractivity contribution in [3.63, 3.8) is 0 Å². The number of fused-ring (bicyclic) bond motifs is 1. The maximum Gasteiger partial charge on any atom is 0.255 e. The molecule has 0 unspecified atom stereocenters. The normalized spacial score (nSPS) is 17.0. The van der Waals surface area contributed by atoms with E-state index in [1.54, 1.807) is 19.2 Å². The van der Waals surface area contributed by atoms with Crippen molar-refractivity contribution in [3.05, 3.63) is 59.9 Å². The molecule has 1 N–H and O–H groups in total. The van der Waals surface area contributed by atoms with Crippen molar-refractivity contribution < 1.29 is 14.3 Å². The molecule has 1 aromatic heterocycles. The van der Waals surface area contributed by atoms with Gasteiger partial charge in [0.25, 0.3) is 5.91 Å². The molecule has 1 heterocycles. The summed E-state index contributed by atoms with van der Waals surface area (Å²) in [5, 5.41) is 2.99. The fraction of sp³-hybridized carbons (Fsp3) is 0.500. The molecule has 0 radical (unpaired) electrons. The number of imidazole rings is 1. The second kappa shape index (κ2) is 11.8. The van der Waals surface area contributed by atoms with Gasteiger partial charge in [0.2, 0.25) is 5.91 Å². The third-order valence-corrected chi connectivity index (χ3v) is 8.01. The summed E-state index contributed by atoms with van der Waals surface area (Å²) in [6, 6.07) is 15.7. The number of carbonyl (C=O) groups is 2. The average molecular weight is 503 g/mol. The Bertz CT molecular complexity index is 1210. The van der Waals surface area contributed by atoms with Crippen molar-refractivity contribution in [2.45, 2.75) is 89.4 Å². The first-order chi connectivity index (χ1) is 18.2. The van der Waals surface area contributed by atoms with Crippen LogP contribution in [0.1, 0.15) is 80.4 Å². The van der Waals surface area contributed by atoms with E-state index in [4.69, 9.17) is 9.72 Å². The molecule has 2 aliphatic rings. The fourth-order valence-corrected chi connectivity index (χ4v) is 6.16. The molecule has 2 saturated carbocycles. The lowest BCUT2D eigenvalue weighted by Gasteiger charge is -2.42. The molecule has 5 rings (SSSR count). The van der Waals surface area contributed by atoms with Gasteiger partial charge in [0, 0.05) is 12.1 Å². The molecule has 0 aliphatic heterocycles. The summed E-state index contributed by atoms with van der Waals surface area (Å²) < 4.78 is 7.35. The quantitative estimate of drug-likeness (QED) is 0.443. The second-order valence-corrected chi connectivity index (χ2v) is 10.4. The van der Waals surface area contributed by atoms with Gasteiger partial charge in [-0.3, -0.25) is 9.59 Å². The molecule has 2 aliphatic carbocycles. The van der Waals surface area contributed by atoms with E-state index in [0.717, 1.165) is 36.7 Å². The van der Waals surface area contributed by atoms with Crippen molar-refractivity contribution >= 4 is 22.8 Å². The van der Waals surface area contributed by atoms with Crippen molar-refractivity contribution in [1.82, 2.24) is 19.8 Å². The summed E-state index contributed by atoms with van der Waals surface area (Å²) in [4.78, 5) is 34.0. The molecular weight excluding hydrogens is 464 g/mol. The summed E-state index contributed by atoms with van der Waals surface area (Å²) in [6.45, 7) is 0.471. The number of rotatable bonds is 8. The Balaban J connectivity index is 1.39. The number of methoxy groups -OCH3 is 1. The van der Waals surface area contributed by atoms with Crippen LogP contribution >= 0.6 is 0 Å². The van der Waals surface area contributed by atoms with Crippen molar-refractivity contribution in [2.75, 3.05) is 7.11 Å². The average Bonchev–Trinajstić information content (AvgIpc) is 3.30. The van der Waals surface area contributed by atoms with Crippen LogP contribution in [0.4, 0.5) is 0 Å². The SMILES string of the molecule is COc1ccccc1C(=O)NCc1nc2ccccc2n1CC(=O)N(C1CCCCC1)C1CCCCC1. The third-order valence-electron chi connectivity index (χ3n) is 8.01. The van der Waals surface area contributed by atoms with Crippen molar-refractivity contribution in [1.29, 1.82) is 0 Å². The van der Waals surface area contributed by atoms with Gasteiger partial charge in [0.1, 0.15) is 18.1 Å². The third kappa shape index (κ3) is 5.65. The Morgan fingerprint density at radius 1 is 0.919 bits per heavy atom. The molecule has 0 atom stereocenters. The van der Waals surface area contributed by atoms with Crippen LogP contribution in [0.5, 0.6) is 5.75 Å². The zero-order valence-corrected chi connectivity index (χ0v) is 21.8. The lowest BCUT2D eigenvalue weighted by molar-refractivity contribution is -0.138. The molecule has 196 valence electrons. The van der Waals surface area contributed by atoms with Gasteiger partial charge in [0.05, 0.1) is 30.3 Å². The largest absolute Gasteiger partial charge is 0.496 e. The number of nitrogens with zero attached hydrogens (tertiary/aromatic N) is 3. The monoisotopic (exact) mass is 502 g/mol. The van der Waals surface area contributed by atoms with E-state index >= 15 is 0 Å². The first-order valence-electron chi connectivity index (χ1n) is 13.8. The molecule has 7 heteroatoms. The molecule has 0 saturated heterocycles. The molecule has 3 aromatic rings. The van der Waals surface area contributed by atoms with Gasteiger partial charge < -0.3 is 19.5 Å². The first kappa shape index (κ1) is 25.3. The van der Waals surface area contributed by atoms with E-state index in [1.807, 2.05) is 41.0 Å². The van der Waals surface area contributed by atoms with Crippen LogP contribution in [-0.2, 0) is 17.9 Å². The highest BCUT2D eigenvalue weighted by molar-refractivity contribution is 5.96. The van der Waals surface area contributed by atoms with E-state index in [2.05, 4.69) is 10.2 Å². The van der Waals surface area contributed by atoms with E-state index in [1.165, 1.54) is 38.5 Å². The summed E-state index contributed by atoms with van der Waals surface area (Å²) in [6.07, 6.45) is 11.8. The van der Waals surface area contributed by atoms with Crippen LogP contribution in [-0.4, -0.2) is 45.5 Å². The number of amides is 2. The second-order valence-electron chi connectivity index (χ2n) is 10.4. The Morgan fingerprint density at radius 2 is 1.54 bits per heavy atom. The lowest BCUT2D eigenvalue weighted by Crippen LogP contribution is -2.50. The number of ether oxygens (including phenoxy) is 1. The van der Waals surface area contributed by atoms with Gasteiger partial charge in [-0.25, -0.2) is 4.98 Å². The number of hydrogen-bond donors (Lipinski definition) is 1. The van der Waals surface area contributed by atoms with Gasteiger partial charge in [-0.1, -0.05) is 62.8 Å². The van der Waals surface area contributed by atoms with Gasteiger partial charge in [-0.2, -0.15) is 0 Å². The molecule has 2 fully saturated rings. The Hall–Kier alpha value is -3.35. The van der Waals surface area contributed by atoms with E-state index < -0.39 is 0 Å². The van der Waals surface area contributed by atoms with E-state index in [0.29, 0.717) is 29.2 Å². The minimum absolute atomic E-state index is 0.180. The number of benzene rings is 2. The van der Waals surface area contributed by atoms with Gasteiger partial charge in [-0.15, -0.1) is 0 Å². The van der Waals surface area contributed by atoms with Crippen LogP contribution < -0.4 is 10.1 Å². The zero-order chi connectivity index (χ0) is 25.6. The van der Waals surface area contributed by atoms with Gasteiger partial charge >= 0.3 is 0 Å². The molecule has 7 nitrogen and oxygen atoms in total. The van der Waals surface area contributed by atoms with E-state index in [-0.39, 0.29) is 24.9 Å². The molecule has 0 spiro atoms. The maximum absolute atomic E-state index is 14.0. The summed E-state index contributed by atoms with van der Waals surface area (Å²) in [7, 11) is 1.56. The summed E-state index contributed by atoms with van der Waals surface area (Å²) in [5.41, 5.74) is 2.23. The standard InChI is InChI=1S/C30H38N4O3/c1-37-27-19-11-8-16-24(27)30(36)31-20-28-32-25-17-9-10-18-26(25)33(28)21-29(35)34(22-12-4-2-5-13-22)23-14-6-3-7-15-23/h8-11,16-19,22-23H,2-7,12-15,20-21H2,1H3,(H,31,36). The van der Waals surface area contributed by atoms with Crippen LogP contribution in [0.2, 0.25) is 0 Å². The topological polar surface area (TPSA) is 76.5 Å². The summed E-state index contributed by atoms with van der Waals surface area (Å²) in [5.74, 6) is 1.16. The molecule has 2 aromatic carbocycles. The molecule has 2 amide bonds. The lowest BCUT2D eigenvalue weighted by atomic mass is 9.88.